The first kappa shape index (κ1) is 13.8. The summed E-state index contributed by atoms with van der Waals surface area (Å²) >= 11 is 0. The van der Waals surface area contributed by atoms with Crippen LogP contribution in [0.2, 0.25) is 0 Å². The van der Waals surface area contributed by atoms with Crippen LogP contribution in [0.25, 0.3) is 0 Å². The molecule has 1 unspecified atom stereocenters. The number of hydrogen-bond acceptors (Lipinski definition) is 5. The molecule has 5 nitrogen and oxygen atoms in total. The van der Waals surface area contributed by atoms with Gasteiger partial charge in [0.25, 0.3) is 0 Å². The standard InChI is InChI=1S/C15H25N5/c16-18-15-5-4-13(10-17-15)11-19-9-6-14(12-19)20-7-2-1-3-8-20/h4-5,10,14H,1-3,6-9,11-12,16H2,(H,17,18). The second kappa shape index (κ2) is 6.52. The molecule has 0 radical (unpaired) electrons. The van der Waals surface area contributed by atoms with E-state index in [1.165, 1.54) is 57.4 Å². The van der Waals surface area contributed by atoms with Gasteiger partial charge in [-0.05, 0) is 44.0 Å². The van der Waals surface area contributed by atoms with E-state index in [1.807, 2.05) is 12.3 Å². The lowest BCUT2D eigenvalue weighted by atomic mass is 10.1. The Morgan fingerprint density at radius 3 is 2.75 bits per heavy atom. The predicted molar refractivity (Wildman–Crippen MR) is 81.2 cm³/mol. The van der Waals surface area contributed by atoms with Crippen LogP contribution in [-0.4, -0.2) is 47.0 Å². The van der Waals surface area contributed by atoms with Crippen LogP contribution in [0.5, 0.6) is 0 Å². The van der Waals surface area contributed by atoms with E-state index < -0.39 is 0 Å². The highest BCUT2D eigenvalue weighted by Gasteiger charge is 2.28. The van der Waals surface area contributed by atoms with Crippen molar-refractivity contribution in [2.24, 2.45) is 5.84 Å². The molecule has 0 aromatic carbocycles. The first-order valence-corrected chi connectivity index (χ1v) is 7.73. The second-order valence-corrected chi connectivity index (χ2v) is 5.97. The van der Waals surface area contributed by atoms with Gasteiger partial charge in [0.1, 0.15) is 5.82 Å². The number of aromatic nitrogens is 1. The Balaban J connectivity index is 1.51. The molecule has 5 heteroatoms. The number of nitrogens with zero attached hydrogens (tertiary/aromatic N) is 3. The van der Waals surface area contributed by atoms with E-state index in [0.717, 1.165) is 18.4 Å². The fourth-order valence-electron chi connectivity index (χ4n) is 3.40. The van der Waals surface area contributed by atoms with E-state index in [0.29, 0.717) is 0 Å². The van der Waals surface area contributed by atoms with Crippen molar-refractivity contribution in [3.8, 4) is 0 Å². The van der Waals surface area contributed by atoms with E-state index in [2.05, 4.69) is 26.3 Å². The number of hydrogen-bond donors (Lipinski definition) is 2. The van der Waals surface area contributed by atoms with E-state index in [9.17, 15) is 0 Å². The molecule has 20 heavy (non-hydrogen) atoms. The number of pyridine rings is 1. The predicted octanol–water partition coefficient (Wildman–Crippen LogP) is 1.43. The maximum Gasteiger partial charge on any atom is 0.139 e. The molecule has 2 saturated heterocycles. The monoisotopic (exact) mass is 275 g/mol. The molecule has 1 aromatic heterocycles. The lowest BCUT2D eigenvalue weighted by molar-refractivity contribution is 0.161. The number of piperidine rings is 1. The fourth-order valence-corrected chi connectivity index (χ4v) is 3.40. The summed E-state index contributed by atoms with van der Waals surface area (Å²) < 4.78 is 0. The Bertz CT molecular complexity index is 413. The summed E-state index contributed by atoms with van der Waals surface area (Å²) in [5.74, 6) is 6.06. The summed E-state index contributed by atoms with van der Waals surface area (Å²) in [4.78, 5) is 9.52. The van der Waals surface area contributed by atoms with Gasteiger partial charge in [-0.3, -0.25) is 9.80 Å². The summed E-state index contributed by atoms with van der Waals surface area (Å²) in [7, 11) is 0. The first-order valence-electron chi connectivity index (χ1n) is 7.73. The fraction of sp³-hybridized carbons (Fsp3) is 0.667. The average Bonchev–Trinajstić information content (AvgIpc) is 2.97. The van der Waals surface area contributed by atoms with Crippen LogP contribution in [0, 0.1) is 0 Å². The normalized spacial score (nSPS) is 24.9. The van der Waals surface area contributed by atoms with Crippen LogP contribution in [0.1, 0.15) is 31.2 Å². The Kier molecular flexibility index (Phi) is 4.50. The van der Waals surface area contributed by atoms with Crippen LogP contribution in [0.3, 0.4) is 0 Å². The van der Waals surface area contributed by atoms with Crippen molar-refractivity contribution in [2.75, 3.05) is 31.6 Å². The largest absolute Gasteiger partial charge is 0.308 e. The molecular formula is C15H25N5. The summed E-state index contributed by atoms with van der Waals surface area (Å²) in [6, 6.07) is 4.82. The lowest BCUT2D eigenvalue weighted by Gasteiger charge is -2.32. The van der Waals surface area contributed by atoms with Gasteiger partial charge in [-0.15, -0.1) is 0 Å². The molecule has 1 atom stereocenters. The number of hydrazine groups is 1. The number of likely N-dealkylation sites (tertiary alicyclic amines) is 2. The molecular weight excluding hydrogens is 250 g/mol. The molecule has 2 aliphatic rings. The Morgan fingerprint density at radius 2 is 2.05 bits per heavy atom. The zero-order valence-corrected chi connectivity index (χ0v) is 12.1. The quantitative estimate of drug-likeness (QED) is 0.643. The first-order chi connectivity index (χ1) is 9.85. The molecule has 0 spiro atoms. The molecule has 0 bridgehead atoms. The minimum Gasteiger partial charge on any atom is -0.308 e. The highest BCUT2D eigenvalue weighted by molar-refractivity contribution is 5.33. The minimum absolute atomic E-state index is 0.723. The number of nitrogen functional groups attached to an aromatic ring is 1. The SMILES string of the molecule is NNc1ccc(CN2CCC(N3CCCCC3)C2)cn1. The Morgan fingerprint density at radius 1 is 1.20 bits per heavy atom. The van der Waals surface area contributed by atoms with Crippen molar-refractivity contribution in [3.05, 3.63) is 23.9 Å². The highest BCUT2D eigenvalue weighted by Crippen LogP contribution is 2.21. The zero-order valence-electron chi connectivity index (χ0n) is 12.1. The van der Waals surface area contributed by atoms with E-state index in [1.54, 1.807) is 0 Å². The molecule has 0 amide bonds. The summed E-state index contributed by atoms with van der Waals surface area (Å²) in [6.07, 6.45) is 7.42. The van der Waals surface area contributed by atoms with Gasteiger partial charge in [0.05, 0.1) is 0 Å². The van der Waals surface area contributed by atoms with Crippen molar-refractivity contribution < 1.29 is 0 Å². The van der Waals surface area contributed by atoms with Crippen LogP contribution in [0.4, 0.5) is 5.82 Å². The second-order valence-electron chi connectivity index (χ2n) is 5.97. The van der Waals surface area contributed by atoms with Crippen molar-refractivity contribution in [2.45, 2.75) is 38.3 Å². The van der Waals surface area contributed by atoms with Crippen LogP contribution in [0.15, 0.2) is 18.3 Å². The number of rotatable bonds is 4. The molecule has 110 valence electrons. The van der Waals surface area contributed by atoms with E-state index >= 15 is 0 Å². The zero-order chi connectivity index (χ0) is 13.8. The molecule has 0 saturated carbocycles. The summed E-state index contributed by atoms with van der Waals surface area (Å²) in [5.41, 5.74) is 3.83. The third-order valence-corrected chi connectivity index (χ3v) is 4.53. The third-order valence-electron chi connectivity index (χ3n) is 4.53. The molecule has 3 heterocycles. The average molecular weight is 275 g/mol. The maximum absolute atomic E-state index is 5.34. The van der Waals surface area contributed by atoms with Gasteiger partial charge in [-0.2, -0.15) is 0 Å². The van der Waals surface area contributed by atoms with Crippen molar-refractivity contribution in [3.63, 3.8) is 0 Å². The Labute approximate surface area is 121 Å². The summed E-state index contributed by atoms with van der Waals surface area (Å²) in [5, 5.41) is 0. The molecule has 2 fully saturated rings. The molecule has 3 N–H and O–H groups in total. The van der Waals surface area contributed by atoms with Crippen LogP contribution < -0.4 is 11.3 Å². The van der Waals surface area contributed by atoms with Crippen molar-refractivity contribution in [1.82, 2.24) is 14.8 Å². The minimum atomic E-state index is 0.723. The Hall–Kier alpha value is -1.17. The topological polar surface area (TPSA) is 57.4 Å². The van der Waals surface area contributed by atoms with Crippen molar-refractivity contribution in [1.29, 1.82) is 0 Å². The van der Waals surface area contributed by atoms with Gasteiger partial charge in [0.15, 0.2) is 0 Å². The van der Waals surface area contributed by atoms with Gasteiger partial charge in [-0.25, -0.2) is 10.8 Å². The smallest absolute Gasteiger partial charge is 0.139 e. The van der Waals surface area contributed by atoms with Gasteiger partial charge in [0, 0.05) is 31.9 Å². The molecule has 0 aliphatic carbocycles. The van der Waals surface area contributed by atoms with Gasteiger partial charge in [0.2, 0.25) is 0 Å². The van der Waals surface area contributed by atoms with E-state index in [4.69, 9.17) is 5.84 Å². The van der Waals surface area contributed by atoms with Crippen LogP contribution >= 0.6 is 0 Å². The van der Waals surface area contributed by atoms with Crippen LogP contribution in [-0.2, 0) is 6.54 Å². The number of nitrogens with two attached hydrogens (primary N) is 1. The summed E-state index contributed by atoms with van der Waals surface area (Å²) in [6.45, 7) is 6.02. The maximum atomic E-state index is 5.34. The molecule has 1 aromatic rings. The third kappa shape index (κ3) is 3.29. The molecule has 3 rings (SSSR count). The van der Waals surface area contributed by atoms with Crippen molar-refractivity contribution >= 4 is 5.82 Å². The molecule has 2 aliphatic heterocycles. The van der Waals surface area contributed by atoms with Gasteiger partial charge >= 0.3 is 0 Å². The van der Waals surface area contributed by atoms with E-state index in [-0.39, 0.29) is 0 Å². The number of anilines is 1. The highest BCUT2D eigenvalue weighted by atomic mass is 15.3. The number of nitrogens with one attached hydrogen (secondary N) is 1. The lowest BCUT2D eigenvalue weighted by Crippen LogP contribution is -2.40. The van der Waals surface area contributed by atoms with Gasteiger partial charge < -0.3 is 5.43 Å². The van der Waals surface area contributed by atoms with Gasteiger partial charge in [-0.1, -0.05) is 12.5 Å².